The second-order valence-corrected chi connectivity index (χ2v) is 5.32. The first-order valence-electron chi connectivity index (χ1n) is 8.08. The summed E-state index contributed by atoms with van der Waals surface area (Å²) in [6, 6.07) is 19.9. The average Bonchev–Trinajstić information content (AvgIpc) is 2.57. The molecule has 0 saturated carbocycles. The van der Waals surface area contributed by atoms with E-state index in [0.29, 0.717) is 13.2 Å². The van der Waals surface area contributed by atoms with Crippen LogP contribution in [0, 0.1) is 6.92 Å². The Labute approximate surface area is 144 Å². The lowest BCUT2D eigenvalue weighted by Crippen LogP contribution is -2.21. The second kappa shape index (κ2) is 12.3. The summed E-state index contributed by atoms with van der Waals surface area (Å²) in [6.07, 6.45) is -0.833. The summed E-state index contributed by atoms with van der Waals surface area (Å²) in [4.78, 5) is 11.0. The Morgan fingerprint density at radius 2 is 1.62 bits per heavy atom. The molecule has 4 heteroatoms. The van der Waals surface area contributed by atoms with E-state index in [9.17, 15) is 9.90 Å². The zero-order valence-electron chi connectivity index (χ0n) is 14.4. The number of rotatable bonds is 7. The van der Waals surface area contributed by atoms with Crippen LogP contribution in [0.2, 0.25) is 0 Å². The van der Waals surface area contributed by atoms with Crippen molar-refractivity contribution >= 4 is 5.97 Å². The molecule has 1 atom stereocenters. The Bertz CT molecular complexity index is 554. The van der Waals surface area contributed by atoms with Gasteiger partial charge in [0.15, 0.2) is 0 Å². The number of aryl methyl sites for hydroxylation is 1. The van der Waals surface area contributed by atoms with E-state index in [4.69, 9.17) is 9.47 Å². The van der Waals surface area contributed by atoms with Gasteiger partial charge < -0.3 is 14.6 Å². The maximum absolute atomic E-state index is 11.0. The highest BCUT2D eigenvalue weighted by Crippen LogP contribution is 2.02. The molecule has 1 N–H and O–H groups in total. The minimum Gasteiger partial charge on any atom is -0.466 e. The highest BCUT2D eigenvalue weighted by molar-refractivity contribution is 5.69. The van der Waals surface area contributed by atoms with Crippen LogP contribution >= 0.6 is 0 Å². The van der Waals surface area contributed by atoms with Gasteiger partial charge in [-0.15, -0.1) is 0 Å². The molecule has 130 valence electrons. The summed E-state index contributed by atoms with van der Waals surface area (Å²) >= 11 is 0. The molecule has 24 heavy (non-hydrogen) atoms. The van der Waals surface area contributed by atoms with E-state index < -0.39 is 12.1 Å². The molecule has 0 unspecified atom stereocenters. The van der Waals surface area contributed by atoms with Crippen molar-refractivity contribution in [2.24, 2.45) is 0 Å². The molecule has 0 spiro atoms. The van der Waals surface area contributed by atoms with Gasteiger partial charge in [0.25, 0.3) is 0 Å². The fourth-order valence-corrected chi connectivity index (χ4v) is 1.89. The van der Waals surface area contributed by atoms with E-state index in [0.717, 1.165) is 5.56 Å². The van der Waals surface area contributed by atoms with Crippen molar-refractivity contribution in [3.05, 3.63) is 71.8 Å². The van der Waals surface area contributed by atoms with Crippen molar-refractivity contribution in [1.29, 1.82) is 0 Å². The summed E-state index contributed by atoms with van der Waals surface area (Å²) < 4.78 is 10.0. The molecule has 0 aliphatic heterocycles. The molecular weight excluding hydrogens is 304 g/mol. The molecule has 4 nitrogen and oxygen atoms in total. The number of hydrogen-bond donors (Lipinski definition) is 1. The van der Waals surface area contributed by atoms with Gasteiger partial charge in [-0.1, -0.05) is 66.2 Å². The van der Waals surface area contributed by atoms with Crippen LogP contribution in [0.1, 0.15) is 24.5 Å². The summed E-state index contributed by atoms with van der Waals surface area (Å²) in [6.45, 7) is 4.71. The van der Waals surface area contributed by atoms with Crippen molar-refractivity contribution < 1.29 is 19.4 Å². The second-order valence-electron chi connectivity index (χ2n) is 5.32. The number of benzene rings is 2. The fraction of sp³-hybridized carbons (Fsp3) is 0.350. The van der Waals surface area contributed by atoms with E-state index >= 15 is 0 Å². The first-order valence-corrected chi connectivity index (χ1v) is 8.08. The third-order valence-electron chi connectivity index (χ3n) is 3.07. The standard InChI is InChI=1S/C13H18O4.C7H8/c1-2-17-13(15)8-12(14)10-16-9-11-6-4-3-5-7-11;1-7-5-3-2-4-6-7/h3-7,12,14H,2,8-10H2,1H3;2-6H,1H3/t12-;/m0./s1. The van der Waals surface area contributed by atoms with Gasteiger partial charge in [-0.2, -0.15) is 0 Å². The molecular formula is C20H26O4. The van der Waals surface area contributed by atoms with Crippen LogP contribution in [-0.2, 0) is 20.9 Å². The Morgan fingerprint density at radius 1 is 1.04 bits per heavy atom. The van der Waals surface area contributed by atoms with Crippen LogP contribution in [0.3, 0.4) is 0 Å². The predicted octanol–water partition coefficient (Wildman–Crippen LogP) is 3.51. The molecule has 2 aromatic carbocycles. The van der Waals surface area contributed by atoms with Gasteiger partial charge in [-0.25, -0.2) is 0 Å². The molecule has 0 aromatic heterocycles. The molecule has 0 heterocycles. The first-order chi connectivity index (χ1) is 11.6. The van der Waals surface area contributed by atoms with Crippen LogP contribution in [0.5, 0.6) is 0 Å². The molecule has 2 aromatic rings. The molecule has 0 radical (unpaired) electrons. The van der Waals surface area contributed by atoms with Gasteiger partial charge in [-0.05, 0) is 19.4 Å². The van der Waals surface area contributed by atoms with E-state index in [1.165, 1.54) is 5.56 Å². The third kappa shape index (κ3) is 9.77. The summed E-state index contributed by atoms with van der Waals surface area (Å²) in [7, 11) is 0. The van der Waals surface area contributed by atoms with E-state index in [-0.39, 0.29) is 13.0 Å². The Morgan fingerprint density at radius 3 is 2.12 bits per heavy atom. The van der Waals surface area contributed by atoms with Crippen molar-refractivity contribution in [3.63, 3.8) is 0 Å². The number of aliphatic hydroxyl groups excluding tert-OH is 1. The molecule has 0 aliphatic carbocycles. The summed E-state index contributed by atoms with van der Waals surface area (Å²) in [5.41, 5.74) is 2.36. The van der Waals surface area contributed by atoms with E-state index in [2.05, 4.69) is 19.1 Å². The quantitative estimate of drug-likeness (QED) is 0.789. The van der Waals surface area contributed by atoms with Gasteiger partial charge in [0.1, 0.15) is 0 Å². The predicted molar refractivity (Wildman–Crippen MR) is 94.5 cm³/mol. The Hall–Kier alpha value is -2.17. The summed E-state index contributed by atoms with van der Waals surface area (Å²) in [5, 5.41) is 9.50. The zero-order valence-corrected chi connectivity index (χ0v) is 14.4. The van der Waals surface area contributed by atoms with E-state index in [1.807, 2.05) is 48.5 Å². The molecule has 0 aliphatic rings. The van der Waals surface area contributed by atoms with Gasteiger partial charge in [-0.3, -0.25) is 4.79 Å². The molecule has 2 rings (SSSR count). The van der Waals surface area contributed by atoms with Gasteiger partial charge >= 0.3 is 5.97 Å². The first kappa shape index (κ1) is 19.9. The minimum absolute atomic E-state index is 0.0252. The maximum atomic E-state index is 11.0. The lowest BCUT2D eigenvalue weighted by Gasteiger charge is -2.10. The molecule has 0 fully saturated rings. The van der Waals surface area contributed by atoms with Gasteiger partial charge in [0.2, 0.25) is 0 Å². The van der Waals surface area contributed by atoms with Crippen LogP contribution in [-0.4, -0.2) is 30.4 Å². The minimum atomic E-state index is -0.808. The van der Waals surface area contributed by atoms with E-state index in [1.54, 1.807) is 6.92 Å². The van der Waals surface area contributed by atoms with Crippen LogP contribution in [0.4, 0.5) is 0 Å². The van der Waals surface area contributed by atoms with Gasteiger partial charge in [0, 0.05) is 0 Å². The normalized spacial score (nSPS) is 11.1. The SMILES string of the molecule is CCOC(=O)C[C@H](O)COCc1ccccc1.Cc1ccccc1. The lowest BCUT2D eigenvalue weighted by molar-refractivity contribution is -0.146. The Balaban J connectivity index is 0.000000341. The molecule has 0 amide bonds. The number of ether oxygens (including phenoxy) is 2. The van der Waals surface area contributed by atoms with Crippen molar-refractivity contribution in [2.75, 3.05) is 13.2 Å². The van der Waals surface area contributed by atoms with Crippen LogP contribution < -0.4 is 0 Å². The zero-order chi connectivity index (χ0) is 17.6. The third-order valence-corrected chi connectivity index (χ3v) is 3.07. The number of carbonyl (C=O) groups excluding carboxylic acids is 1. The highest BCUT2D eigenvalue weighted by atomic mass is 16.5. The maximum Gasteiger partial charge on any atom is 0.308 e. The lowest BCUT2D eigenvalue weighted by atomic mass is 10.2. The van der Waals surface area contributed by atoms with Crippen molar-refractivity contribution in [1.82, 2.24) is 0 Å². The average molecular weight is 330 g/mol. The summed E-state index contributed by atoms with van der Waals surface area (Å²) in [5.74, 6) is -0.400. The highest BCUT2D eigenvalue weighted by Gasteiger charge is 2.11. The topological polar surface area (TPSA) is 55.8 Å². The number of esters is 1. The van der Waals surface area contributed by atoms with Crippen LogP contribution in [0.15, 0.2) is 60.7 Å². The Kier molecular flexibility index (Phi) is 10.2. The molecule has 0 bridgehead atoms. The fourth-order valence-electron chi connectivity index (χ4n) is 1.89. The van der Waals surface area contributed by atoms with Crippen molar-refractivity contribution in [3.8, 4) is 0 Å². The van der Waals surface area contributed by atoms with Gasteiger partial charge in [0.05, 0.1) is 32.3 Å². The molecule has 0 saturated heterocycles. The van der Waals surface area contributed by atoms with Crippen LogP contribution in [0.25, 0.3) is 0 Å². The number of carbonyl (C=O) groups is 1. The largest absolute Gasteiger partial charge is 0.466 e. The van der Waals surface area contributed by atoms with Crippen molar-refractivity contribution in [2.45, 2.75) is 33.0 Å². The number of aliphatic hydroxyl groups is 1. The smallest absolute Gasteiger partial charge is 0.308 e. The monoisotopic (exact) mass is 330 g/mol. The number of hydrogen-bond acceptors (Lipinski definition) is 4.